The molecule has 0 aliphatic heterocycles. The van der Waals surface area contributed by atoms with E-state index in [4.69, 9.17) is 9.52 Å². The van der Waals surface area contributed by atoms with Gasteiger partial charge in [0.2, 0.25) is 0 Å². The number of carboxylic acids is 1. The number of hydrogen-bond acceptors (Lipinski definition) is 3. The third-order valence-electron chi connectivity index (χ3n) is 4.60. The molecule has 5 heteroatoms. The quantitative estimate of drug-likeness (QED) is 0.875. The van der Waals surface area contributed by atoms with Crippen molar-refractivity contribution in [1.82, 2.24) is 5.32 Å². The predicted octanol–water partition coefficient (Wildman–Crippen LogP) is 3.16. The highest BCUT2D eigenvalue weighted by molar-refractivity contribution is 5.97. The van der Waals surface area contributed by atoms with Gasteiger partial charge < -0.3 is 14.8 Å². The van der Waals surface area contributed by atoms with Crippen molar-refractivity contribution >= 4 is 11.9 Å². The van der Waals surface area contributed by atoms with Gasteiger partial charge in [-0.15, -0.1) is 0 Å². The molecule has 1 aromatic rings. The number of carboxylic acid groups (broad SMARTS) is 1. The van der Waals surface area contributed by atoms with Gasteiger partial charge in [-0.3, -0.25) is 9.59 Å². The van der Waals surface area contributed by atoms with Crippen LogP contribution in [0.3, 0.4) is 0 Å². The molecule has 1 aliphatic carbocycles. The maximum atomic E-state index is 12.3. The van der Waals surface area contributed by atoms with Crippen molar-refractivity contribution < 1.29 is 19.1 Å². The summed E-state index contributed by atoms with van der Waals surface area (Å²) in [6.07, 6.45) is 5.79. The first-order valence-corrected chi connectivity index (χ1v) is 7.85. The zero-order valence-electron chi connectivity index (χ0n) is 13.6. The Morgan fingerprint density at radius 1 is 1.36 bits per heavy atom. The van der Waals surface area contributed by atoms with Crippen LogP contribution in [0.25, 0.3) is 0 Å². The molecule has 0 unspecified atom stereocenters. The van der Waals surface area contributed by atoms with E-state index in [1.165, 1.54) is 19.1 Å². The molecule has 1 amide bonds. The molecule has 0 bridgehead atoms. The molecule has 2 rings (SSSR count). The second-order valence-corrected chi connectivity index (χ2v) is 7.11. The molecule has 1 aliphatic rings. The molecule has 2 N–H and O–H groups in total. The SMILES string of the molecule is Cc1coc(CC(=O)O)c1C(=O)NCC1CCC(C)(C)CC1. The molecule has 1 saturated carbocycles. The van der Waals surface area contributed by atoms with Crippen LogP contribution in [0.2, 0.25) is 0 Å². The fourth-order valence-corrected chi connectivity index (χ4v) is 3.06. The Morgan fingerprint density at radius 3 is 2.59 bits per heavy atom. The van der Waals surface area contributed by atoms with E-state index in [-0.39, 0.29) is 18.1 Å². The smallest absolute Gasteiger partial charge is 0.311 e. The monoisotopic (exact) mass is 307 g/mol. The molecule has 1 fully saturated rings. The van der Waals surface area contributed by atoms with E-state index in [0.29, 0.717) is 29.0 Å². The van der Waals surface area contributed by atoms with Gasteiger partial charge in [-0.05, 0) is 43.9 Å². The van der Waals surface area contributed by atoms with Gasteiger partial charge in [0.05, 0.1) is 11.8 Å². The van der Waals surface area contributed by atoms with Crippen molar-refractivity contribution in [3.05, 3.63) is 23.2 Å². The van der Waals surface area contributed by atoms with Gasteiger partial charge >= 0.3 is 5.97 Å². The van der Waals surface area contributed by atoms with E-state index >= 15 is 0 Å². The summed E-state index contributed by atoms with van der Waals surface area (Å²) >= 11 is 0. The van der Waals surface area contributed by atoms with Crippen LogP contribution in [0.15, 0.2) is 10.7 Å². The third kappa shape index (κ3) is 4.12. The lowest BCUT2D eigenvalue weighted by Gasteiger charge is -2.34. The Morgan fingerprint density at radius 2 is 2.00 bits per heavy atom. The first-order chi connectivity index (χ1) is 10.3. The van der Waals surface area contributed by atoms with Gasteiger partial charge in [0.1, 0.15) is 12.2 Å². The summed E-state index contributed by atoms with van der Waals surface area (Å²) < 4.78 is 5.20. The van der Waals surface area contributed by atoms with Gasteiger partial charge in [-0.1, -0.05) is 13.8 Å². The van der Waals surface area contributed by atoms with Crippen molar-refractivity contribution in [1.29, 1.82) is 0 Å². The second kappa shape index (κ2) is 6.55. The highest BCUT2D eigenvalue weighted by Gasteiger charge is 2.27. The molecule has 0 spiro atoms. The Hall–Kier alpha value is -1.78. The summed E-state index contributed by atoms with van der Waals surface area (Å²) in [5, 5.41) is 11.8. The largest absolute Gasteiger partial charge is 0.481 e. The zero-order chi connectivity index (χ0) is 16.3. The van der Waals surface area contributed by atoms with Crippen molar-refractivity contribution in [3.8, 4) is 0 Å². The minimum absolute atomic E-state index is 0.229. The fourth-order valence-electron chi connectivity index (χ4n) is 3.06. The summed E-state index contributed by atoms with van der Waals surface area (Å²) in [4.78, 5) is 23.2. The Kier molecular flexibility index (Phi) is 4.94. The number of aliphatic carboxylic acids is 1. The Bertz CT molecular complexity index is 549. The number of rotatable bonds is 5. The average molecular weight is 307 g/mol. The van der Waals surface area contributed by atoms with Crippen LogP contribution < -0.4 is 5.32 Å². The number of amides is 1. The molecule has 0 saturated heterocycles. The molecule has 22 heavy (non-hydrogen) atoms. The van der Waals surface area contributed by atoms with Gasteiger partial charge in [-0.2, -0.15) is 0 Å². The molecule has 122 valence electrons. The van der Waals surface area contributed by atoms with Crippen LogP contribution in [0, 0.1) is 18.3 Å². The minimum Gasteiger partial charge on any atom is -0.481 e. The normalized spacial score (nSPS) is 18.1. The highest BCUT2D eigenvalue weighted by atomic mass is 16.4. The van der Waals surface area contributed by atoms with Crippen molar-refractivity contribution in [3.63, 3.8) is 0 Å². The maximum absolute atomic E-state index is 12.3. The lowest BCUT2D eigenvalue weighted by atomic mass is 9.73. The first kappa shape index (κ1) is 16.6. The number of carbonyl (C=O) groups is 2. The number of nitrogens with one attached hydrogen (secondary N) is 1. The van der Waals surface area contributed by atoms with Crippen molar-refractivity contribution in [2.45, 2.75) is 52.9 Å². The summed E-state index contributed by atoms with van der Waals surface area (Å²) in [5.74, 6) is -0.496. The summed E-state index contributed by atoms with van der Waals surface area (Å²) in [6, 6.07) is 0. The molecule has 5 nitrogen and oxygen atoms in total. The number of carbonyl (C=O) groups excluding carboxylic acids is 1. The van der Waals surface area contributed by atoms with E-state index in [1.807, 2.05) is 0 Å². The Labute approximate surface area is 131 Å². The van der Waals surface area contributed by atoms with Crippen molar-refractivity contribution in [2.75, 3.05) is 6.54 Å². The number of furan rings is 1. The average Bonchev–Trinajstić information content (AvgIpc) is 2.77. The van der Waals surface area contributed by atoms with E-state index in [2.05, 4.69) is 19.2 Å². The number of hydrogen-bond donors (Lipinski definition) is 2. The molecule has 0 atom stereocenters. The van der Waals surface area contributed by atoms with Crippen LogP contribution in [0.4, 0.5) is 0 Å². The van der Waals surface area contributed by atoms with Crippen LogP contribution in [0.1, 0.15) is 61.2 Å². The van der Waals surface area contributed by atoms with Crippen LogP contribution in [-0.4, -0.2) is 23.5 Å². The molecule has 0 aromatic carbocycles. The van der Waals surface area contributed by atoms with E-state index < -0.39 is 5.97 Å². The fraction of sp³-hybridized carbons (Fsp3) is 0.647. The first-order valence-electron chi connectivity index (χ1n) is 7.85. The van der Waals surface area contributed by atoms with E-state index in [1.54, 1.807) is 6.92 Å². The third-order valence-corrected chi connectivity index (χ3v) is 4.60. The molecular weight excluding hydrogens is 282 g/mol. The molecule has 1 heterocycles. The predicted molar refractivity (Wildman–Crippen MR) is 82.9 cm³/mol. The van der Waals surface area contributed by atoms with Gasteiger partial charge in [0, 0.05) is 12.1 Å². The van der Waals surface area contributed by atoms with Crippen LogP contribution in [0.5, 0.6) is 0 Å². The lowest BCUT2D eigenvalue weighted by molar-refractivity contribution is -0.136. The summed E-state index contributed by atoms with van der Waals surface area (Å²) in [7, 11) is 0. The Balaban J connectivity index is 1.93. The van der Waals surface area contributed by atoms with E-state index in [0.717, 1.165) is 12.8 Å². The number of aryl methyl sites for hydroxylation is 1. The van der Waals surface area contributed by atoms with Crippen molar-refractivity contribution in [2.24, 2.45) is 11.3 Å². The highest BCUT2D eigenvalue weighted by Crippen LogP contribution is 2.37. The summed E-state index contributed by atoms with van der Waals surface area (Å²) in [6.45, 7) is 6.97. The van der Waals surface area contributed by atoms with Gasteiger partial charge in [0.15, 0.2) is 0 Å². The van der Waals surface area contributed by atoms with Gasteiger partial charge in [0.25, 0.3) is 5.91 Å². The zero-order valence-corrected chi connectivity index (χ0v) is 13.6. The summed E-state index contributed by atoms with van der Waals surface area (Å²) in [5.41, 5.74) is 1.47. The molecule has 1 aromatic heterocycles. The maximum Gasteiger partial charge on any atom is 0.311 e. The van der Waals surface area contributed by atoms with Crippen LogP contribution >= 0.6 is 0 Å². The standard InChI is InChI=1S/C17H25NO4/c1-11-10-22-13(8-14(19)20)15(11)16(21)18-9-12-4-6-17(2,3)7-5-12/h10,12H,4-9H2,1-3H3,(H,18,21)(H,19,20). The minimum atomic E-state index is -1.00. The lowest BCUT2D eigenvalue weighted by Crippen LogP contribution is -2.33. The second-order valence-electron chi connectivity index (χ2n) is 7.11. The van der Waals surface area contributed by atoms with Gasteiger partial charge in [-0.25, -0.2) is 0 Å². The molecule has 0 radical (unpaired) electrons. The molecular formula is C17H25NO4. The topological polar surface area (TPSA) is 79.5 Å². The van der Waals surface area contributed by atoms with Crippen LogP contribution in [-0.2, 0) is 11.2 Å². The van der Waals surface area contributed by atoms with E-state index in [9.17, 15) is 9.59 Å².